The van der Waals surface area contributed by atoms with E-state index >= 15 is 0 Å². The SMILES string of the molecule is Cc1ccc(CN(C(=O)NC2CCCCNC2=O)C2CC2)o1. The number of hydrogen-bond donors (Lipinski definition) is 2. The second-order valence-electron chi connectivity index (χ2n) is 6.16. The number of urea groups is 1. The van der Waals surface area contributed by atoms with Crippen molar-refractivity contribution in [1.29, 1.82) is 0 Å². The molecular weight excluding hydrogens is 282 g/mol. The first-order chi connectivity index (χ1) is 10.6. The smallest absolute Gasteiger partial charge is 0.318 e. The van der Waals surface area contributed by atoms with Crippen molar-refractivity contribution >= 4 is 11.9 Å². The Balaban J connectivity index is 1.63. The van der Waals surface area contributed by atoms with Gasteiger partial charge in [0.05, 0.1) is 6.54 Å². The third-order valence-corrected chi connectivity index (χ3v) is 4.20. The molecule has 1 aliphatic heterocycles. The molecule has 3 rings (SSSR count). The normalized spacial score (nSPS) is 21.9. The summed E-state index contributed by atoms with van der Waals surface area (Å²) in [6, 6.07) is 3.47. The van der Waals surface area contributed by atoms with Gasteiger partial charge in [0.25, 0.3) is 0 Å². The van der Waals surface area contributed by atoms with Gasteiger partial charge in [0, 0.05) is 12.6 Å². The first-order valence-corrected chi connectivity index (χ1v) is 8.03. The maximum atomic E-state index is 12.6. The van der Waals surface area contributed by atoms with Crippen molar-refractivity contribution in [3.05, 3.63) is 23.7 Å². The van der Waals surface area contributed by atoms with Gasteiger partial charge in [-0.05, 0) is 51.2 Å². The number of rotatable bonds is 4. The van der Waals surface area contributed by atoms with Crippen molar-refractivity contribution in [2.75, 3.05) is 6.54 Å². The highest BCUT2D eigenvalue weighted by molar-refractivity contribution is 5.87. The molecule has 1 aromatic rings. The minimum Gasteiger partial charge on any atom is -0.464 e. The monoisotopic (exact) mass is 305 g/mol. The van der Waals surface area contributed by atoms with Crippen LogP contribution in [-0.4, -0.2) is 35.5 Å². The summed E-state index contributed by atoms with van der Waals surface area (Å²) >= 11 is 0. The van der Waals surface area contributed by atoms with Crippen LogP contribution in [0.5, 0.6) is 0 Å². The van der Waals surface area contributed by atoms with Crippen LogP contribution in [0.2, 0.25) is 0 Å². The van der Waals surface area contributed by atoms with E-state index in [9.17, 15) is 9.59 Å². The van der Waals surface area contributed by atoms with Gasteiger partial charge < -0.3 is 20.0 Å². The van der Waals surface area contributed by atoms with Gasteiger partial charge in [-0.3, -0.25) is 4.79 Å². The van der Waals surface area contributed by atoms with Crippen LogP contribution >= 0.6 is 0 Å². The predicted molar refractivity (Wildman–Crippen MR) is 81.2 cm³/mol. The number of carbonyl (C=O) groups excluding carboxylic acids is 2. The third-order valence-electron chi connectivity index (χ3n) is 4.20. The molecule has 0 radical (unpaired) electrons. The Bertz CT molecular complexity index is 551. The topological polar surface area (TPSA) is 74.6 Å². The molecule has 2 N–H and O–H groups in total. The molecule has 3 amide bonds. The number of furan rings is 1. The predicted octanol–water partition coefficient (Wildman–Crippen LogP) is 1.93. The molecule has 0 bridgehead atoms. The van der Waals surface area contributed by atoms with Crippen LogP contribution in [0.15, 0.2) is 16.5 Å². The average molecular weight is 305 g/mol. The van der Waals surface area contributed by atoms with Gasteiger partial charge in [0.2, 0.25) is 5.91 Å². The van der Waals surface area contributed by atoms with E-state index in [1.165, 1.54) is 0 Å². The van der Waals surface area contributed by atoms with Crippen molar-refractivity contribution in [2.45, 2.75) is 57.7 Å². The summed E-state index contributed by atoms with van der Waals surface area (Å²) in [6.45, 7) is 3.04. The molecule has 0 spiro atoms. The van der Waals surface area contributed by atoms with Crippen molar-refractivity contribution in [3.8, 4) is 0 Å². The fourth-order valence-electron chi connectivity index (χ4n) is 2.80. The Hall–Kier alpha value is -1.98. The van der Waals surface area contributed by atoms with Crippen molar-refractivity contribution in [3.63, 3.8) is 0 Å². The molecule has 0 aromatic carbocycles. The van der Waals surface area contributed by atoms with Crippen LogP contribution in [0.4, 0.5) is 4.79 Å². The minimum absolute atomic E-state index is 0.0737. The van der Waals surface area contributed by atoms with E-state index in [4.69, 9.17) is 4.42 Å². The highest BCUT2D eigenvalue weighted by Gasteiger charge is 2.35. The molecule has 1 unspecified atom stereocenters. The highest BCUT2D eigenvalue weighted by Crippen LogP contribution is 2.29. The summed E-state index contributed by atoms with van der Waals surface area (Å²) in [7, 11) is 0. The number of nitrogens with zero attached hydrogens (tertiary/aromatic N) is 1. The second-order valence-corrected chi connectivity index (χ2v) is 6.16. The lowest BCUT2D eigenvalue weighted by atomic mass is 10.1. The average Bonchev–Trinajstić information content (AvgIpc) is 3.27. The molecule has 6 heteroatoms. The summed E-state index contributed by atoms with van der Waals surface area (Å²) in [5.74, 6) is 1.55. The summed E-state index contributed by atoms with van der Waals surface area (Å²) < 4.78 is 5.57. The molecule has 2 fully saturated rings. The molecule has 1 saturated carbocycles. The van der Waals surface area contributed by atoms with Gasteiger partial charge in [-0.1, -0.05) is 0 Å². The number of nitrogens with one attached hydrogen (secondary N) is 2. The Morgan fingerprint density at radius 2 is 2.18 bits per heavy atom. The summed E-state index contributed by atoms with van der Waals surface area (Å²) in [5, 5.41) is 5.74. The van der Waals surface area contributed by atoms with E-state index < -0.39 is 6.04 Å². The fraction of sp³-hybridized carbons (Fsp3) is 0.625. The van der Waals surface area contributed by atoms with Gasteiger partial charge in [-0.15, -0.1) is 0 Å². The van der Waals surface area contributed by atoms with Crippen molar-refractivity contribution < 1.29 is 14.0 Å². The fourth-order valence-corrected chi connectivity index (χ4v) is 2.80. The van der Waals surface area contributed by atoms with E-state index in [1.54, 1.807) is 4.90 Å². The lowest BCUT2D eigenvalue weighted by Crippen LogP contribution is -2.50. The van der Waals surface area contributed by atoms with Gasteiger partial charge >= 0.3 is 6.03 Å². The van der Waals surface area contributed by atoms with Gasteiger partial charge in [-0.25, -0.2) is 4.79 Å². The largest absolute Gasteiger partial charge is 0.464 e. The Kier molecular flexibility index (Phi) is 4.36. The number of amides is 3. The van der Waals surface area contributed by atoms with Gasteiger partial charge in [-0.2, -0.15) is 0 Å². The van der Waals surface area contributed by atoms with Crippen LogP contribution in [0.1, 0.15) is 43.6 Å². The number of aryl methyl sites for hydroxylation is 1. The van der Waals surface area contributed by atoms with Crippen LogP contribution in [-0.2, 0) is 11.3 Å². The summed E-state index contributed by atoms with van der Waals surface area (Å²) in [5.41, 5.74) is 0. The number of hydrogen-bond acceptors (Lipinski definition) is 3. The van der Waals surface area contributed by atoms with E-state index in [0.29, 0.717) is 19.5 Å². The molecule has 6 nitrogen and oxygen atoms in total. The zero-order valence-corrected chi connectivity index (χ0v) is 12.9. The first kappa shape index (κ1) is 14.9. The van der Waals surface area contributed by atoms with E-state index in [-0.39, 0.29) is 18.0 Å². The van der Waals surface area contributed by atoms with Gasteiger partial charge in [0.15, 0.2) is 0 Å². The molecule has 1 saturated heterocycles. The molecule has 1 aromatic heterocycles. The Morgan fingerprint density at radius 1 is 1.36 bits per heavy atom. The van der Waals surface area contributed by atoms with Crippen LogP contribution in [0.25, 0.3) is 0 Å². The highest BCUT2D eigenvalue weighted by atomic mass is 16.3. The zero-order valence-electron chi connectivity index (χ0n) is 12.9. The third kappa shape index (κ3) is 3.61. The maximum absolute atomic E-state index is 12.6. The molecule has 22 heavy (non-hydrogen) atoms. The van der Waals surface area contributed by atoms with Crippen molar-refractivity contribution in [1.82, 2.24) is 15.5 Å². The minimum atomic E-state index is -0.422. The lowest BCUT2D eigenvalue weighted by molar-refractivity contribution is -0.122. The number of carbonyl (C=O) groups is 2. The van der Waals surface area contributed by atoms with Crippen LogP contribution in [0.3, 0.4) is 0 Å². The Morgan fingerprint density at radius 3 is 2.86 bits per heavy atom. The first-order valence-electron chi connectivity index (χ1n) is 8.03. The van der Waals surface area contributed by atoms with E-state index in [1.807, 2.05) is 19.1 Å². The lowest BCUT2D eigenvalue weighted by Gasteiger charge is -2.24. The molecule has 2 heterocycles. The van der Waals surface area contributed by atoms with Crippen LogP contribution < -0.4 is 10.6 Å². The Labute approximate surface area is 130 Å². The molecule has 1 atom stereocenters. The van der Waals surface area contributed by atoms with E-state index in [0.717, 1.165) is 37.2 Å². The quantitative estimate of drug-likeness (QED) is 0.892. The second kappa shape index (κ2) is 6.42. The zero-order chi connectivity index (χ0) is 15.5. The van der Waals surface area contributed by atoms with Gasteiger partial charge in [0.1, 0.15) is 17.6 Å². The standard InChI is InChI=1S/C16H23N3O3/c1-11-5-8-13(22-11)10-19(12-6-7-12)16(21)18-14-4-2-3-9-17-15(14)20/h5,8,12,14H,2-4,6-7,9-10H2,1H3,(H,17,20)(H,18,21). The molecular formula is C16H23N3O3. The molecule has 120 valence electrons. The molecule has 2 aliphatic rings. The summed E-state index contributed by atoms with van der Waals surface area (Å²) in [6.07, 6.45) is 4.66. The van der Waals surface area contributed by atoms with E-state index in [2.05, 4.69) is 10.6 Å². The molecule has 1 aliphatic carbocycles. The van der Waals surface area contributed by atoms with Crippen molar-refractivity contribution in [2.24, 2.45) is 0 Å². The maximum Gasteiger partial charge on any atom is 0.318 e. The van der Waals surface area contributed by atoms with Crippen LogP contribution in [0, 0.1) is 6.92 Å². The summed E-state index contributed by atoms with van der Waals surface area (Å²) in [4.78, 5) is 26.3.